The Morgan fingerprint density at radius 2 is 1.22 bits per heavy atom. The van der Waals surface area contributed by atoms with Crippen LogP contribution in [0.5, 0.6) is 23.0 Å². The molecule has 3 aromatic carbocycles. The highest BCUT2D eigenvalue weighted by atomic mass is 16.7. The van der Waals surface area contributed by atoms with Crippen molar-refractivity contribution in [1.82, 2.24) is 0 Å². The highest BCUT2D eigenvalue weighted by molar-refractivity contribution is 5.59. The fourth-order valence-corrected chi connectivity index (χ4v) is 2.85. The van der Waals surface area contributed by atoms with Crippen molar-refractivity contribution < 1.29 is 33.9 Å². The topological polar surface area (TPSA) is 86.6 Å². The molecule has 3 rings (SSSR count). The van der Waals surface area contributed by atoms with Crippen molar-refractivity contribution in [2.75, 3.05) is 27.1 Å². The predicted molar refractivity (Wildman–Crippen MR) is 119 cm³/mol. The minimum Gasteiger partial charge on any atom is -0.487 e. The first-order chi connectivity index (χ1) is 15.7. The van der Waals surface area contributed by atoms with Crippen LogP contribution in [0.25, 0.3) is 0 Å². The van der Waals surface area contributed by atoms with Gasteiger partial charge in [0.15, 0.2) is 18.3 Å². The second-order valence-corrected chi connectivity index (χ2v) is 6.97. The third-order valence-corrected chi connectivity index (χ3v) is 4.47. The normalized spacial score (nSPS) is 11.6. The van der Waals surface area contributed by atoms with Crippen molar-refractivity contribution in [3.63, 3.8) is 0 Å². The summed E-state index contributed by atoms with van der Waals surface area (Å²) in [6.07, 6.45) is -1.02. The summed E-state index contributed by atoms with van der Waals surface area (Å²) in [5.74, 6) is 1.46. The van der Waals surface area contributed by atoms with Gasteiger partial charge in [-0.1, -0.05) is 60.7 Å². The zero-order valence-electron chi connectivity index (χ0n) is 18.0. The van der Waals surface area contributed by atoms with Crippen molar-refractivity contribution >= 4 is 0 Å². The Morgan fingerprint density at radius 1 is 0.688 bits per heavy atom. The number of benzene rings is 3. The maximum absolute atomic E-state index is 9.68. The Kier molecular flexibility index (Phi) is 9.19. The molecule has 0 saturated carbocycles. The molecule has 2 N–H and O–H groups in total. The number of ether oxygens (including phenoxy) is 5. The van der Waals surface area contributed by atoms with Crippen LogP contribution in [0.3, 0.4) is 0 Å². The molecule has 7 heteroatoms. The molecule has 7 nitrogen and oxygen atoms in total. The van der Waals surface area contributed by atoms with Crippen molar-refractivity contribution in [1.29, 1.82) is 0 Å². The van der Waals surface area contributed by atoms with Gasteiger partial charge in [-0.05, 0) is 23.3 Å². The summed E-state index contributed by atoms with van der Waals surface area (Å²) >= 11 is 0. The van der Waals surface area contributed by atoms with E-state index in [1.54, 1.807) is 12.1 Å². The largest absolute Gasteiger partial charge is 0.487 e. The number of rotatable bonds is 13. The van der Waals surface area contributed by atoms with Gasteiger partial charge in [0.2, 0.25) is 11.5 Å². The van der Waals surface area contributed by atoms with Gasteiger partial charge in [0.1, 0.15) is 25.9 Å². The lowest BCUT2D eigenvalue weighted by Gasteiger charge is -2.20. The van der Waals surface area contributed by atoms with E-state index < -0.39 is 12.7 Å². The zero-order valence-corrected chi connectivity index (χ0v) is 18.0. The molecule has 0 fully saturated rings. The first-order valence-electron chi connectivity index (χ1n) is 10.2. The van der Waals surface area contributed by atoms with Gasteiger partial charge < -0.3 is 33.9 Å². The summed E-state index contributed by atoms with van der Waals surface area (Å²) in [6.45, 7) is 0.0686. The van der Waals surface area contributed by atoms with Gasteiger partial charge in [0, 0.05) is 7.11 Å². The lowest BCUT2D eigenvalue weighted by molar-refractivity contribution is 0.0367. The van der Waals surface area contributed by atoms with Gasteiger partial charge in [-0.3, -0.25) is 0 Å². The average Bonchev–Trinajstić information content (AvgIpc) is 2.85. The van der Waals surface area contributed by atoms with Gasteiger partial charge in [-0.15, -0.1) is 0 Å². The molecular weight excluding hydrogens is 412 g/mol. The van der Waals surface area contributed by atoms with Crippen molar-refractivity contribution in [2.24, 2.45) is 0 Å². The smallest absolute Gasteiger partial charge is 0.210 e. The predicted octanol–water partition coefficient (Wildman–Crippen LogP) is 3.56. The molecule has 0 spiro atoms. The highest BCUT2D eigenvalue weighted by Gasteiger charge is 2.20. The second kappa shape index (κ2) is 12.6. The van der Waals surface area contributed by atoms with Gasteiger partial charge in [-0.2, -0.15) is 0 Å². The first kappa shape index (κ1) is 23.4. The number of aliphatic hydroxyl groups excluding tert-OH is 2. The summed E-state index contributed by atoms with van der Waals surface area (Å²) in [5.41, 5.74) is 1.98. The van der Waals surface area contributed by atoms with E-state index in [9.17, 15) is 5.11 Å². The van der Waals surface area contributed by atoms with E-state index in [1.807, 2.05) is 60.7 Å². The molecule has 32 heavy (non-hydrogen) atoms. The molecule has 3 aromatic rings. The van der Waals surface area contributed by atoms with Crippen LogP contribution < -0.4 is 18.9 Å². The summed E-state index contributed by atoms with van der Waals surface area (Å²) in [6, 6.07) is 22.9. The van der Waals surface area contributed by atoms with E-state index >= 15 is 0 Å². The minimum atomic E-state index is -1.02. The monoisotopic (exact) mass is 440 g/mol. The number of hydrogen-bond donors (Lipinski definition) is 2. The fourth-order valence-electron chi connectivity index (χ4n) is 2.85. The number of methoxy groups -OCH3 is 1. The standard InChI is InChI=1S/C25H28O7/c1-28-18-32-25-23(30-17-21(27)14-26)13-12-22(29-15-19-8-4-2-5-9-19)24(25)31-16-20-10-6-3-7-11-20/h2-13,21,26-27H,14-18H2,1H3. The second-order valence-electron chi connectivity index (χ2n) is 6.97. The van der Waals surface area contributed by atoms with E-state index in [-0.39, 0.29) is 20.0 Å². The Balaban J connectivity index is 1.89. The van der Waals surface area contributed by atoms with Crippen LogP contribution in [0.1, 0.15) is 11.1 Å². The molecule has 1 atom stereocenters. The van der Waals surface area contributed by atoms with Gasteiger partial charge in [0.05, 0.1) is 6.61 Å². The zero-order chi connectivity index (χ0) is 22.6. The van der Waals surface area contributed by atoms with Crippen LogP contribution in [-0.2, 0) is 18.0 Å². The maximum Gasteiger partial charge on any atom is 0.210 e. The van der Waals surface area contributed by atoms with Gasteiger partial charge in [0.25, 0.3) is 0 Å². The Bertz CT molecular complexity index is 932. The minimum absolute atomic E-state index is 0.0389. The molecule has 170 valence electrons. The maximum atomic E-state index is 9.68. The third-order valence-electron chi connectivity index (χ3n) is 4.47. The van der Waals surface area contributed by atoms with Crippen LogP contribution in [0.2, 0.25) is 0 Å². The van der Waals surface area contributed by atoms with E-state index in [0.717, 1.165) is 11.1 Å². The number of hydrogen-bond acceptors (Lipinski definition) is 7. The molecule has 0 aromatic heterocycles. The van der Waals surface area contributed by atoms with E-state index in [0.29, 0.717) is 29.6 Å². The fraction of sp³-hybridized carbons (Fsp3) is 0.280. The molecule has 0 aliphatic rings. The lowest BCUT2D eigenvalue weighted by Crippen LogP contribution is -2.21. The average molecular weight is 440 g/mol. The summed E-state index contributed by atoms with van der Waals surface area (Å²) in [7, 11) is 1.51. The number of aliphatic hydroxyl groups is 2. The van der Waals surface area contributed by atoms with Crippen molar-refractivity contribution in [3.8, 4) is 23.0 Å². The Morgan fingerprint density at radius 3 is 1.78 bits per heavy atom. The van der Waals surface area contributed by atoms with Crippen LogP contribution in [0.4, 0.5) is 0 Å². The van der Waals surface area contributed by atoms with Gasteiger partial charge in [-0.25, -0.2) is 0 Å². The summed E-state index contributed by atoms with van der Waals surface area (Å²) in [4.78, 5) is 0. The van der Waals surface area contributed by atoms with E-state index in [2.05, 4.69) is 0 Å². The molecule has 0 saturated heterocycles. The molecule has 0 bridgehead atoms. The van der Waals surface area contributed by atoms with Crippen molar-refractivity contribution in [2.45, 2.75) is 19.3 Å². The molecule has 0 aliphatic carbocycles. The first-order valence-corrected chi connectivity index (χ1v) is 10.2. The molecule has 0 amide bonds. The molecule has 0 heterocycles. The lowest BCUT2D eigenvalue weighted by atomic mass is 10.2. The van der Waals surface area contributed by atoms with Crippen LogP contribution in [0.15, 0.2) is 72.8 Å². The van der Waals surface area contributed by atoms with E-state index in [1.165, 1.54) is 7.11 Å². The molecular formula is C25H28O7. The molecule has 0 radical (unpaired) electrons. The quantitative estimate of drug-likeness (QED) is 0.393. The molecule has 1 unspecified atom stereocenters. The van der Waals surface area contributed by atoms with Crippen molar-refractivity contribution in [3.05, 3.63) is 83.9 Å². The summed E-state index contributed by atoms with van der Waals surface area (Å²) < 4.78 is 28.7. The van der Waals surface area contributed by atoms with Crippen LogP contribution >= 0.6 is 0 Å². The highest BCUT2D eigenvalue weighted by Crippen LogP contribution is 2.45. The van der Waals surface area contributed by atoms with Crippen LogP contribution in [0, 0.1) is 0 Å². The van der Waals surface area contributed by atoms with E-state index in [4.69, 9.17) is 28.8 Å². The Hall–Kier alpha value is -3.26. The Labute approximate surface area is 187 Å². The summed E-state index contributed by atoms with van der Waals surface area (Å²) in [5, 5.41) is 18.8. The van der Waals surface area contributed by atoms with Crippen LogP contribution in [-0.4, -0.2) is 43.4 Å². The SMILES string of the molecule is COCOc1c(OCC(O)CO)ccc(OCc2ccccc2)c1OCc1ccccc1. The molecule has 0 aliphatic heterocycles. The van der Waals surface area contributed by atoms with Gasteiger partial charge >= 0.3 is 0 Å². The third kappa shape index (κ3) is 6.88.